The molecule has 0 amide bonds. The van der Waals surface area contributed by atoms with Gasteiger partial charge in [-0.25, -0.2) is 4.98 Å². The molecule has 0 unspecified atom stereocenters. The lowest BCUT2D eigenvalue weighted by atomic mass is 10.2. The second-order valence-corrected chi connectivity index (χ2v) is 5.28. The first-order chi connectivity index (χ1) is 9.22. The number of aromatic nitrogens is 1. The Balaban J connectivity index is 1.73. The molecule has 1 aromatic heterocycles. The van der Waals surface area contributed by atoms with Crippen molar-refractivity contribution in [2.45, 2.75) is 6.54 Å². The molecule has 19 heavy (non-hydrogen) atoms. The third-order valence-electron chi connectivity index (χ3n) is 2.71. The number of fused-ring (bicyclic) bond motifs is 1. The number of ether oxygens (including phenoxy) is 2. The Morgan fingerprint density at radius 3 is 3.00 bits per heavy atom. The van der Waals surface area contributed by atoms with Crippen molar-refractivity contribution in [3.63, 3.8) is 0 Å². The minimum atomic E-state index is 0.270. The van der Waals surface area contributed by atoms with Crippen molar-refractivity contribution in [3.05, 3.63) is 45.7 Å². The molecule has 3 rings (SSSR count). The summed E-state index contributed by atoms with van der Waals surface area (Å²) in [5.74, 6) is 1.53. The van der Waals surface area contributed by atoms with Crippen molar-refractivity contribution in [3.8, 4) is 11.5 Å². The number of hydrogen-bond donors (Lipinski definition) is 1. The molecule has 4 nitrogen and oxygen atoms in total. The highest BCUT2D eigenvalue weighted by Crippen LogP contribution is 2.40. The van der Waals surface area contributed by atoms with Gasteiger partial charge < -0.3 is 14.8 Å². The molecule has 2 aromatic rings. The first kappa shape index (κ1) is 12.6. The van der Waals surface area contributed by atoms with E-state index in [9.17, 15) is 0 Å². The number of pyridine rings is 1. The fraction of sp³-hybridized carbons (Fsp3) is 0.154. The van der Waals surface area contributed by atoms with Gasteiger partial charge in [-0.1, -0.05) is 11.6 Å². The predicted octanol–water partition coefficient (Wildman–Crippen LogP) is 3.84. The summed E-state index contributed by atoms with van der Waals surface area (Å²) < 4.78 is 11.6. The summed E-state index contributed by atoms with van der Waals surface area (Å²) >= 11 is 9.21. The maximum atomic E-state index is 5.74. The number of halogens is 2. The third kappa shape index (κ3) is 2.77. The SMILES string of the molecule is Clc1ccc(NCc2cc(Br)c3c(c2)OCO3)cn1. The second-order valence-electron chi connectivity index (χ2n) is 4.03. The van der Waals surface area contributed by atoms with E-state index in [-0.39, 0.29) is 6.79 Å². The quantitative estimate of drug-likeness (QED) is 0.862. The van der Waals surface area contributed by atoms with Crippen molar-refractivity contribution < 1.29 is 9.47 Å². The van der Waals surface area contributed by atoms with E-state index in [2.05, 4.69) is 26.2 Å². The fourth-order valence-corrected chi connectivity index (χ4v) is 2.52. The molecule has 1 aliphatic rings. The number of benzene rings is 1. The molecule has 0 bridgehead atoms. The van der Waals surface area contributed by atoms with Gasteiger partial charge in [0, 0.05) is 6.54 Å². The Bertz CT molecular complexity index is 604. The second kappa shape index (κ2) is 5.27. The first-order valence-corrected chi connectivity index (χ1v) is 6.83. The third-order valence-corrected chi connectivity index (χ3v) is 3.52. The summed E-state index contributed by atoms with van der Waals surface area (Å²) in [6.45, 7) is 0.935. The van der Waals surface area contributed by atoms with Gasteiger partial charge in [-0.15, -0.1) is 0 Å². The molecule has 0 saturated carbocycles. The molecule has 1 N–H and O–H groups in total. The average molecular weight is 342 g/mol. The maximum Gasteiger partial charge on any atom is 0.231 e. The summed E-state index contributed by atoms with van der Waals surface area (Å²) in [5.41, 5.74) is 2.00. The van der Waals surface area contributed by atoms with E-state index in [1.165, 1.54) is 0 Å². The van der Waals surface area contributed by atoms with Gasteiger partial charge in [0.05, 0.1) is 16.4 Å². The Morgan fingerprint density at radius 2 is 2.21 bits per heavy atom. The van der Waals surface area contributed by atoms with E-state index >= 15 is 0 Å². The van der Waals surface area contributed by atoms with Crippen LogP contribution in [0.1, 0.15) is 5.56 Å². The summed E-state index contributed by atoms with van der Waals surface area (Å²) in [4.78, 5) is 4.02. The molecule has 0 spiro atoms. The topological polar surface area (TPSA) is 43.4 Å². The van der Waals surface area contributed by atoms with Gasteiger partial charge in [0.2, 0.25) is 6.79 Å². The number of nitrogens with one attached hydrogen (secondary N) is 1. The highest BCUT2D eigenvalue weighted by Gasteiger charge is 2.17. The Labute approximate surface area is 123 Å². The van der Waals surface area contributed by atoms with E-state index in [1.54, 1.807) is 12.3 Å². The number of hydrogen-bond acceptors (Lipinski definition) is 4. The summed E-state index contributed by atoms with van der Waals surface area (Å²) in [7, 11) is 0. The van der Waals surface area contributed by atoms with Gasteiger partial charge in [0.25, 0.3) is 0 Å². The van der Waals surface area contributed by atoms with Gasteiger partial charge >= 0.3 is 0 Å². The van der Waals surface area contributed by atoms with E-state index in [0.717, 1.165) is 27.2 Å². The van der Waals surface area contributed by atoms with Crippen LogP contribution < -0.4 is 14.8 Å². The monoisotopic (exact) mass is 340 g/mol. The van der Waals surface area contributed by atoms with Gasteiger partial charge in [-0.05, 0) is 45.8 Å². The van der Waals surface area contributed by atoms with Gasteiger partial charge in [-0.2, -0.15) is 0 Å². The fourth-order valence-electron chi connectivity index (χ4n) is 1.81. The van der Waals surface area contributed by atoms with E-state index in [4.69, 9.17) is 21.1 Å². The molecule has 0 atom stereocenters. The predicted molar refractivity (Wildman–Crippen MR) is 76.8 cm³/mol. The standard InChI is InChI=1S/C13H10BrClN2O2/c14-10-3-8(4-11-13(10)19-7-18-11)5-16-9-1-2-12(15)17-6-9/h1-4,6,16H,5,7H2. The molecule has 0 radical (unpaired) electrons. The molecule has 6 heteroatoms. The zero-order valence-corrected chi connectivity index (χ0v) is 12.2. The van der Waals surface area contributed by atoms with Crippen molar-refractivity contribution in [1.29, 1.82) is 0 Å². The lowest BCUT2D eigenvalue weighted by Crippen LogP contribution is -1.99. The smallest absolute Gasteiger partial charge is 0.231 e. The van der Waals surface area contributed by atoms with Crippen molar-refractivity contribution in [2.75, 3.05) is 12.1 Å². The summed E-state index contributed by atoms with van der Waals surface area (Å²) in [6.07, 6.45) is 1.70. The van der Waals surface area contributed by atoms with Crippen molar-refractivity contribution >= 4 is 33.2 Å². The largest absolute Gasteiger partial charge is 0.454 e. The van der Waals surface area contributed by atoms with Crippen LogP contribution in [0.25, 0.3) is 0 Å². The molecule has 0 fully saturated rings. The molecule has 1 aromatic carbocycles. The van der Waals surface area contributed by atoms with Crippen LogP contribution in [0.4, 0.5) is 5.69 Å². The van der Waals surface area contributed by atoms with Crippen LogP contribution in [-0.4, -0.2) is 11.8 Å². The van der Waals surface area contributed by atoms with Crippen molar-refractivity contribution in [2.24, 2.45) is 0 Å². The van der Waals surface area contributed by atoms with Gasteiger partial charge in [-0.3, -0.25) is 0 Å². The minimum Gasteiger partial charge on any atom is -0.454 e. The van der Waals surface area contributed by atoms with Crippen molar-refractivity contribution in [1.82, 2.24) is 4.98 Å². The molecule has 2 heterocycles. The zero-order chi connectivity index (χ0) is 13.2. The molecular weight excluding hydrogens is 332 g/mol. The van der Waals surface area contributed by atoms with Crippen LogP contribution in [0.3, 0.4) is 0 Å². The Kier molecular flexibility index (Phi) is 3.48. The number of anilines is 1. The lowest BCUT2D eigenvalue weighted by molar-refractivity contribution is 0.173. The summed E-state index contributed by atoms with van der Waals surface area (Å²) in [6, 6.07) is 7.60. The molecule has 98 valence electrons. The molecule has 1 aliphatic heterocycles. The number of nitrogens with zero attached hydrogens (tertiary/aromatic N) is 1. The maximum absolute atomic E-state index is 5.74. The van der Waals surface area contributed by atoms with Crippen LogP contribution in [0.15, 0.2) is 34.9 Å². The van der Waals surface area contributed by atoms with Gasteiger partial charge in [0.15, 0.2) is 11.5 Å². The normalized spacial score (nSPS) is 12.5. The van der Waals surface area contributed by atoms with Crippen LogP contribution >= 0.6 is 27.5 Å². The van der Waals surface area contributed by atoms with Crippen LogP contribution in [0, 0.1) is 0 Å². The first-order valence-electron chi connectivity index (χ1n) is 5.66. The lowest BCUT2D eigenvalue weighted by Gasteiger charge is -2.08. The molecular formula is C13H10BrClN2O2. The van der Waals surface area contributed by atoms with Gasteiger partial charge in [0.1, 0.15) is 5.15 Å². The van der Waals surface area contributed by atoms with Crippen LogP contribution in [0.2, 0.25) is 5.15 Å². The van der Waals surface area contributed by atoms with Crippen LogP contribution in [-0.2, 0) is 6.54 Å². The van der Waals surface area contributed by atoms with E-state index in [1.807, 2.05) is 18.2 Å². The van der Waals surface area contributed by atoms with Crippen LogP contribution in [0.5, 0.6) is 11.5 Å². The zero-order valence-electron chi connectivity index (χ0n) is 9.82. The minimum absolute atomic E-state index is 0.270. The highest BCUT2D eigenvalue weighted by molar-refractivity contribution is 9.10. The van der Waals surface area contributed by atoms with E-state index < -0.39 is 0 Å². The van der Waals surface area contributed by atoms with E-state index in [0.29, 0.717) is 11.7 Å². The Hall–Kier alpha value is -1.46. The highest BCUT2D eigenvalue weighted by atomic mass is 79.9. The average Bonchev–Trinajstić information content (AvgIpc) is 2.87. The molecule has 0 aliphatic carbocycles. The number of rotatable bonds is 3. The molecule has 0 saturated heterocycles. The Morgan fingerprint density at radius 1 is 1.32 bits per heavy atom. The summed E-state index contributed by atoms with van der Waals surface area (Å²) in [5, 5.41) is 3.75.